The molecule has 0 radical (unpaired) electrons. The molecule has 0 aliphatic carbocycles. The number of aromatic amines is 1. The third kappa shape index (κ3) is 3.28. The van der Waals surface area contributed by atoms with Crippen LogP contribution in [0.25, 0.3) is 10.9 Å². The Kier molecular flexibility index (Phi) is 4.58. The first kappa shape index (κ1) is 17.2. The molecule has 1 aliphatic rings. The van der Waals surface area contributed by atoms with Gasteiger partial charge in [-0.25, -0.2) is 4.98 Å². The summed E-state index contributed by atoms with van der Waals surface area (Å²) in [6.45, 7) is 4.15. The molecule has 0 spiro atoms. The summed E-state index contributed by atoms with van der Waals surface area (Å²) in [5, 5.41) is 0.941. The number of hydrogen-bond acceptors (Lipinski definition) is 4. The van der Waals surface area contributed by atoms with Crippen molar-refractivity contribution in [2.45, 2.75) is 13.3 Å². The van der Waals surface area contributed by atoms with Crippen LogP contribution in [0.5, 0.6) is 0 Å². The van der Waals surface area contributed by atoms with Gasteiger partial charge in [0.15, 0.2) is 0 Å². The zero-order valence-electron chi connectivity index (χ0n) is 15.2. The predicted octanol–water partition coefficient (Wildman–Crippen LogP) is 2.25. The lowest BCUT2D eigenvalue weighted by Gasteiger charge is -2.22. The van der Waals surface area contributed by atoms with Crippen molar-refractivity contribution < 1.29 is 9.59 Å². The maximum atomic E-state index is 13.2. The molecular formula is C20H21N5O2. The summed E-state index contributed by atoms with van der Waals surface area (Å²) in [7, 11) is 0. The zero-order chi connectivity index (χ0) is 18.8. The van der Waals surface area contributed by atoms with Crippen molar-refractivity contribution in [3.63, 3.8) is 0 Å². The zero-order valence-corrected chi connectivity index (χ0v) is 15.2. The fourth-order valence-corrected chi connectivity index (χ4v) is 3.61. The fraction of sp³-hybridized carbons (Fsp3) is 0.300. The van der Waals surface area contributed by atoms with E-state index in [4.69, 9.17) is 0 Å². The molecule has 0 unspecified atom stereocenters. The van der Waals surface area contributed by atoms with Gasteiger partial charge in [0.1, 0.15) is 5.69 Å². The maximum absolute atomic E-state index is 13.2. The number of rotatable bonds is 2. The van der Waals surface area contributed by atoms with Gasteiger partial charge in [0.25, 0.3) is 11.8 Å². The number of carbonyl (C=O) groups excluding carboxylic acids is 2. The van der Waals surface area contributed by atoms with Gasteiger partial charge in [-0.3, -0.25) is 14.6 Å². The minimum Gasteiger partial charge on any atom is -0.358 e. The van der Waals surface area contributed by atoms with E-state index in [9.17, 15) is 9.59 Å². The Morgan fingerprint density at radius 3 is 2.48 bits per heavy atom. The molecule has 7 heteroatoms. The van der Waals surface area contributed by atoms with Gasteiger partial charge >= 0.3 is 0 Å². The van der Waals surface area contributed by atoms with Crippen molar-refractivity contribution in [1.29, 1.82) is 0 Å². The highest BCUT2D eigenvalue weighted by Gasteiger charge is 2.26. The summed E-state index contributed by atoms with van der Waals surface area (Å²) < 4.78 is 0. The Labute approximate surface area is 157 Å². The largest absolute Gasteiger partial charge is 0.358 e. The number of para-hydroxylation sites is 1. The molecule has 2 aromatic heterocycles. The van der Waals surface area contributed by atoms with E-state index < -0.39 is 0 Å². The minimum atomic E-state index is -0.138. The molecule has 1 N–H and O–H groups in total. The van der Waals surface area contributed by atoms with Crippen molar-refractivity contribution in [1.82, 2.24) is 24.8 Å². The Balaban J connectivity index is 1.52. The molecule has 3 heterocycles. The van der Waals surface area contributed by atoms with Gasteiger partial charge in [-0.15, -0.1) is 0 Å². The number of H-pyrrole nitrogens is 1. The first-order chi connectivity index (χ1) is 13.1. The van der Waals surface area contributed by atoms with Crippen LogP contribution in [-0.4, -0.2) is 62.7 Å². The number of hydrogen-bond donors (Lipinski definition) is 1. The van der Waals surface area contributed by atoms with Crippen LogP contribution in [0.2, 0.25) is 0 Å². The van der Waals surface area contributed by atoms with Crippen LogP contribution < -0.4 is 0 Å². The molecule has 7 nitrogen and oxygen atoms in total. The van der Waals surface area contributed by atoms with E-state index in [2.05, 4.69) is 15.0 Å². The lowest BCUT2D eigenvalue weighted by atomic mass is 10.1. The van der Waals surface area contributed by atoms with E-state index in [1.807, 2.05) is 36.1 Å². The molecule has 138 valence electrons. The van der Waals surface area contributed by atoms with Crippen LogP contribution in [0.1, 0.15) is 33.0 Å². The van der Waals surface area contributed by atoms with Crippen LogP contribution in [0.4, 0.5) is 0 Å². The molecule has 0 bridgehead atoms. The highest BCUT2D eigenvalue weighted by atomic mass is 16.2. The van der Waals surface area contributed by atoms with Crippen LogP contribution >= 0.6 is 0 Å². The fourth-order valence-electron chi connectivity index (χ4n) is 3.61. The van der Waals surface area contributed by atoms with Crippen molar-refractivity contribution in [2.75, 3.05) is 26.2 Å². The van der Waals surface area contributed by atoms with E-state index in [0.29, 0.717) is 31.9 Å². The van der Waals surface area contributed by atoms with Crippen LogP contribution in [0.3, 0.4) is 0 Å². The molecule has 1 saturated heterocycles. The number of nitrogens with zero attached hydrogens (tertiary/aromatic N) is 4. The van der Waals surface area contributed by atoms with Gasteiger partial charge in [0.05, 0.1) is 11.8 Å². The molecule has 0 atom stereocenters. The van der Waals surface area contributed by atoms with Crippen molar-refractivity contribution in [2.24, 2.45) is 0 Å². The quantitative estimate of drug-likeness (QED) is 0.757. The lowest BCUT2D eigenvalue weighted by molar-refractivity contribution is 0.0716. The van der Waals surface area contributed by atoms with E-state index >= 15 is 0 Å². The second kappa shape index (κ2) is 7.19. The van der Waals surface area contributed by atoms with Crippen LogP contribution in [-0.2, 0) is 0 Å². The number of fused-ring (bicyclic) bond motifs is 1. The highest BCUT2D eigenvalue weighted by molar-refractivity contribution is 6.08. The van der Waals surface area contributed by atoms with Gasteiger partial charge in [-0.2, -0.15) is 0 Å². The molecule has 3 aromatic rings. The summed E-state index contributed by atoms with van der Waals surface area (Å²) in [6.07, 6.45) is 5.27. The van der Waals surface area contributed by atoms with Gasteiger partial charge < -0.3 is 14.8 Å². The van der Waals surface area contributed by atoms with Gasteiger partial charge in [0.2, 0.25) is 0 Å². The summed E-state index contributed by atoms with van der Waals surface area (Å²) in [5.74, 6) is -0.126. The number of aryl methyl sites for hydroxylation is 1. The van der Waals surface area contributed by atoms with Crippen molar-refractivity contribution in [3.05, 3.63) is 59.8 Å². The normalized spacial score (nSPS) is 15.0. The molecular weight excluding hydrogens is 342 g/mol. The smallest absolute Gasteiger partial charge is 0.274 e. The monoisotopic (exact) mass is 363 g/mol. The third-order valence-electron chi connectivity index (χ3n) is 4.96. The molecule has 4 rings (SSSR count). The first-order valence-corrected chi connectivity index (χ1v) is 9.07. The van der Waals surface area contributed by atoms with E-state index in [-0.39, 0.29) is 11.8 Å². The van der Waals surface area contributed by atoms with Crippen molar-refractivity contribution in [3.8, 4) is 0 Å². The van der Waals surface area contributed by atoms with E-state index in [1.54, 1.807) is 11.1 Å². The summed E-state index contributed by atoms with van der Waals surface area (Å²) >= 11 is 0. The lowest BCUT2D eigenvalue weighted by Crippen LogP contribution is -2.37. The Hall–Kier alpha value is -3.22. The molecule has 0 saturated carbocycles. The molecule has 1 aliphatic heterocycles. The highest BCUT2D eigenvalue weighted by Crippen LogP contribution is 2.24. The summed E-state index contributed by atoms with van der Waals surface area (Å²) in [4.78, 5) is 40.7. The number of aromatic nitrogens is 3. The summed E-state index contributed by atoms with van der Waals surface area (Å²) in [6, 6.07) is 7.83. The Bertz CT molecular complexity index is 982. The van der Waals surface area contributed by atoms with Crippen molar-refractivity contribution >= 4 is 22.7 Å². The average Bonchev–Trinajstić information content (AvgIpc) is 2.87. The molecule has 27 heavy (non-hydrogen) atoms. The number of nitrogens with one attached hydrogen (secondary N) is 1. The van der Waals surface area contributed by atoms with Crippen LogP contribution in [0, 0.1) is 6.92 Å². The number of benzene rings is 1. The standard InChI is InChI=1S/C20H21N5O2/c1-14-18(15-5-2-3-6-16(15)23-14)20(27)25-10-4-9-24(11-12-25)19(26)17-13-21-7-8-22-17/h2-3,5-8,13,23H,4,9-12H2,1H3. The van der Waals surface area contributed by atoms with Gasteiger partial charge in [0, 0.05) is 55.2 Å². The van der Waals surface area contributed by atoms with E-state index in [1.165, 1.54) is 12.4 Å². The average molecular weight is 363 g/mol. The molecule has 2 amide bonds. The predicted molar refractivity (Wildman–Crippen MR) is 101 cm³/mol. The first-order valence-electron chi connectivity index (χ1n) is 9.07. The molecule has 1 aromatic carbocycles. The third-order valence-corrected chi connectivity index (χ3v) is 4.96. The Morgan fingerprint density at radius 1 is 1.00 bits per heavy atom. The number of carbonyl (C=O) groups is 2. The second-order valence-electron chi connectivity index (χ2n) is 6.70. The molecule has 1 fully saturated rings. The maximum Gasteiger partial charge on any atom is 0.274 e. The second-order valence-corrected chi connectivity index (χ2v) is 6.70. The van der Waals surface area contributed by atoms with E-state index in [0.717, 1.165) is 28.6 Å². The topological polar surface area (TPSA) is 82.2 Å². The van der Waals surface area contributed by atoms with Crippen LogP contribution in [0.15, 0.2) is 42.9 Å². The SMILES string of the molecule is Cc1[nH]c2ccccc2c1C(=O)N1CCCN(C(=O)c2cnccn2)CC1. The minimum absolute atomic E-state index is 0.0127. The van der Waals surface area contributed by atoms with Gasteiger partial charge in [-0.05, 0) is 19.4 Å². The van der Waals surface area contributed by atoms with Gasteiger partial charge in [-0.1, -0.05) is 18.2 Å². The Morgan fingerprint density at radius 2 is 1.74 bits per heavy atom. The summed E-state index contributed by atoms with van der Waals surface area (Å²) in [5.41, 5.74) is 2.90. The number of amides is 2.